The average Bonchev–Trinajstić information content (AvgIpc) is 2.77. The molecule has 4 heteroatoms. The molecule has 0 radical (unpaired) electrons. The molecular weight excluding hydrogens is 200 g/mol. The van der Waals surface area contributed by atoms with Gasteiger partial charge in [-0.3, -0.25) is 0 Å². The smallest absolute Gasteiger partial charge is 0.102 e. The number of nitrogens with one attached hydrogen (secondary N) is 1. The molecule has 1 aliphatic heterocycles. The fourth-order valence-electron chi connectivity index (χ4n) is 2.15. The molecule has 1 fully saturated rings. The molecule has 0 spiro atoms. The molecule has 16 heavy (non-hydrogen) atoms. The lowest BCUT2D eigenvalue weighted by Gasteiger charge is -2.34. The number of hydrogen-bond acceptors (Lipinski definition) is 3. The normalized spacial score (nSPS) is 18.0. The van der Waals surface area contributed by atoms with Crippen LogP contribution in [-0.2, 0) is 0 Å². The molecule has 0 aliphatic carbocycles. The Kier molecular flexibility index (Phi) is 2.42. The van der Waals surface area contributed by atoms with Crippen LogP contribution in [0.5, 0.6) is 0 Å². The Morgan fingerprint density at radius 3 is 2.38 bits per heavy atom. The van der Waals surface area contributed by atoms with E-state index in [2.05, 4.69) is 39.8 Å². The summed E-state index contributed by atoms with van der Waals surface area (Å²) in [4.78, 5) is 1.82. The maximum Gasteiger partial charge on any atom is 0.102 e. The molecule has 0 bridgehead atoms. The Morgan fingerprint density at radius 1 is 1.12 bits per heavy atom. The number of nitrogens with zero attached hydrogens (tertiary/aromatic N) is 3. The first-order valence-electron chi connectivity index (χ1n) is 5.56. The van der Waals surface area contributed by atoms with Gasteiger partial charge in [-0.05, 0) is 5.56 Å². The van der Waals surface area contributed by atoms with Crippen molar-refractivity contribution in [3.63, 3.8) is 0 Å². The van der Waals surface area contributed by atoms with Crippen LogP contribution in [-0.4, -0.2) is 28.1 Å². The molecular formula is C12H14N4. The third-order valence-corrected chi connectivity index (χ3v) is 3.09. The third-order valence-electron chi connectivity index (χ3n) is 3.09. The first-order chi connectivity index (χ1) is 7.95. The second-order valence-corrected chi connectivity index (χ2v) is 4.12. The average molecular weight is 214 g/mol. The summed E-state index contributed by atoms with van der Waals surface area (Å²) in [7, 11) is 0. The lowest BCUT2D eigenvalue weighted by Crippen LogP contribution is -2.47. The lowest BCUT2D eigenvalue weighted by atomic mass is 9.89. The minimum absolute atomic E-state index is 0.262. The molecule has 1 N–H and O–H groups in total. The highest BCUT2D eigenvalue weighted by atomic mass is 15.5. The number of aromatic nitrogens is 3. The van der Waals surface area contributed by atoms with Gasteiger partial charge in [0.1, 0.15) is 6.04 Å². The summed E-state index contributed by atoms with van der Waals surface area (Å²) in [6, 6.07) is 10.7. The van der Waals surface area contributed by atoms with Gasteiger partial charge >= 0.3 is 0 Å². The van der Waals surface area contributed by atoms with Gasteiger partial charge in [0.2, 0.25) is 0 Å². The fraction of sp³-hybridized carbons (Fsp3) is 0.333. The van der Waals surface area contributed by atoms with Crippen LogP contribution in [0.1, 0.15) is 11.6 Å². The van der Waals surface area contributed by atoms with Crippen molar-refractivity contribution in [2.24, 2.45) is 5.92 Å². The van der Waals surface area contributed by atoms with Crippen LogP contribution in [0.2, 0.25) is 0 Å². The molecule has 1 aromatic heterocycles. The van der Waals surface area contributed by atoms with Gasteiger partial charge in [0, 0.05) is 19.0 Å². The van der Waals surface area contributed by atoms with Crippen LogP contribution in [0.15, 0.2) is 42.7 Å². The van der Waals surface area contributed by atoms with Crippen molar-refractivity contribution in [2.75, 3.05) is 13.1 Å². The van der Waals surface area contributed by atoms with E-state index >= 15 is 0 Å². The van der Waals surface area contributed by atoms with E-state index in [0.717, 1.165) is 13.1 Å². The van der Waals surface area contributed by atoms with Gasteiger partial charge in [-0.1, -0.05) is 30.3 Å². The molecule has 0 saturated carbocycles. The summed E-state index contributed by atoms with van der Waals surface area (Å²) < 4.78 is 0. The van der Waals surface area contributed by atoms with Crippen LogP contribution in [0.4, 0.5) is 0 Å². The number of rotatable bonds is 3. The Hall–Kier alpha value is -1.68. The first kappa shape index (κ1) is 9.54. The lowest BCUT2D eigenvalue weighted by molar-refractivity contribution is 0.237. The van der Waals surface area contributed by atoms with Crippen molar-refractivity contribution in [3.8, 4) is 0 Å². The molecule has 0 unspecified atom stereocenters. The second-order valence-electron chi connectivity index (χ2n) is 4.12. The van der Waals surface area contributed by atoms with E-state index in [1.54, 1.807) is 12.4 Å². The summed E-state index contributed by atoms with van der Waals surface area (Å²) in [5.74, 6) is 0.592. The zero-order valence-corrected chi connectivity index (χ0v) is 8.95. The zero-order valence-electron chi connectivity index (χ0n) is 8.95. The summed E-state index contributed by atoms with van der Waals surface area (Å²) in [5.41, 5.74) is 1.28. The van der Waals surface area contributed by atoms with Crippen LogP contribution in [0.3, 0.4) is 0 Å². The van der Waals surface area contributed by atoms with Crippen molar-refractivity contribution in [1.82, 2.24) is 20.3 Å². The highest BCUT2D eigenvalue weighted by Crippen LogP contribution is 2.27. The number of hydrogen-bond donors (Lipinski definition) is 1. The van der Waals surface area contributed by atoms with E-state index in [1.807, 2.05) is 10.9 Å². The quantitative estimate of drug-likeness (QED) is 0.831. The SMILES string of the molecule is c1ccc([C@H](C2CNC2)n2nccn2)cc1. The minimum atomic E-state index is 0.262. The molecule has 2 heterocycles. The highest BCUT2D eigenvalue weighted by Gasteiger charge is 2.30. The van der Waals surface area contributed by atoms with Crippen molar-refractivity contribution in [2.45, 2.75) is 6.04 Å². The van der Waals surface area contributed by atoms with Crippen molar-refractivity contribution < 1.29 is 0 Å². The molecule has 82 valence electrons. The van der Waals surface area contributed by atoms with E-state index in [4.69, 9.17) is 0 Å². The monoisotopic (exact) mass is 214 g/mol. The van der Waals surface area contributed by atoms with E-state index < -0.39 is 0 Å². The van der Waals surface area contributed by atoms with Crippen molar-refractivity contribution >= 4 is 0 Å². The van der Waals surface area contributed by atoms with Gasteiger partial charge < -0.3 is 5.32 Å². The Bertz CT molecular complexity index is 433. The maximum atomic E-state index is 4.27. The summed E-state index contributed by atoms with van der Waals surface area (Å²) in [6.45, 7) is 2.09. The topological polar surface area (TPSA) is 42.7 Å². The standard InChI is InChI=1S/C12H14N4/c1-2-4-10(5-3-1)12(11-8-13-9-11)16-14-6-7-15-16/h1-7,11-13H,8-9H2/t12-/m1/s1. The maximum absolute atomic E-state index is 4.27. The fourth-order valence-corrected chi connectivity index (χ4v) is 2.15. The molecule has 1 saturated heterocycles. The van der Waals surface area contributed by atoms with Crippen molar-refractivity contribution in [1.29, 1.82) is 0 Å². The van der Waals surface area contributed by atoms with Gasteiger partial charge in [-0.25, -0.2) is 0 Å². The molecule has 0 amide bonds. The predicted molar refractivity (Wildman–Crippen MR) is 61.0 cm³/mol. The minimum Gasteiger partial charge on any atom is -0.316 e. The molecule has 2 aromatic rings. The van der Waals surface area contributed by atoms with Crippen LogP contribution in [0.25, 0.3) is 0 Å². The molecule has 1 aliphatic rings. The van der Waals surface area contributed by atoms with Gasteiger partial charge in [0.05, 0.1) is 12.4 Å². The van der Waals surface area contributed by atoms with E-state index in [9.17, 15) is 0 Å². The van der Waals surface area contributed by atoms with Gasteiger partial charge in [0.15, 0.2) is 0 Å². The highest BCUT2D eigenvalue weighted by molar-refractivity contribution is 5.21. The van der Waals surface area contributed by atoms with Gasteiger partial charge in [-0.15, -0.1) is 0 Å². The molecule has 1 aromatic carbocycles. The van der Waals surface area contributed by atoms with Crippen molar-refractivity contribution in [3.05, 3.63) is 48.3 Å². The summed E-state index contributed by atoms with van der Waals surface area (Å²) in [5, 5.41) is 11.9. The third kappa shape index (κ3) is 1.61. The zero-order chi connectivity index (χ0) is 10.8. The summed E-state index contributed by atoms with van der Waals surface area (Å²) >= 11 is 0. The van der Waals surface area contributed by atoms with Crippen LogP contribution in [0, 0.1) is 5.92 Å². The van der Waals surface area contributed by atoms with E-state index in [0.29, 0.717) is 5.92 Å². The summed E-state index contributed by atoms with van der Waals surface area (Å²) in [6.07, 6.45) is 3.48. The van der Waals surface area contributed by atoms with E-state index in [-0.39, 0.29) is 6.04 Å². The first-order valence-corrected chi connectivity index (χ1v) is 5.56. The largest absolute Gasteiger partial charge is 0.316 e. The Morgan fingerprint density at radius 2 is 1.81 bits per heavy atom. The van der Waals surface area contributed by atoms with E-state index in [1.165, 1.54) is 5.56 Å². The van der Waals surface area contributed by atoms with Gasteiger partial charge in [0.25, 0.3) is 0 Å². The molecule has 4 nitrogen and oxygen atoms in total. The molecule has 3 rings (SSSR count). The Labute approximate surface area is 94.3 Å². The molecule has 1 atom stereocenters. The predicted octanol–water partition coefficient (Wildman–Crippen LogP) is 1.09. The Balaban J connectivity index is 1.96. The number of benzene rings is 1. The van der Waals surface area contributed by atoms with Crippen LogP contribution < -0.4 is 5.32 Å². The van der Waals surface area contributed by atoms with Gasteiger partial charge in [-0.2, -0.15) is 15.0 Å². The second kappa shape index (κ2) is 4.06. The van der Waals surface area contributed by atoms with Crippen LogP contribution >= 0.6 is 0 Å².